The zero-order valence-corrected chi connectivity index (χ0v) is 23.0. The predicted octanol–water partition coefficient (Wildman–Crippen LogP) is 3.13. The second-order valence-corrected chi connectivity index (χ2v) is 12.3. The van der Waals surface area contributed by atoms with Crippen molar-refractivity contribution in [3.63, 3.8) is 0 Å². The lowest BCUT2D eigenvalue weighted by Crippen LogP contribution is -2.44. The summed E-state index contributed by atoms with van der Waals surface area (Å²) in [6.45, 7) is 7.73. The van der Waals surface area contributed by atoms with Crippen molar-refractivity contribution in [1.82, 2.24) is 19.8 Å². The number of rotatable bonds is 5. The van der Waals surface area contributed by atoms with Gasteiger partial charge >= 0.3 is 0 Å². The van der Waals surface area contributed by atoms with E-state index >= 15 is 0 Å². The molecule has 6 rings (SSSR count). The fraction of sp³-hybridized carbons (Fsp3) is 0.367. The third-order valence-electron chi connectivity index (χ3n) is 7.57. The summed E-state index contributed by atoms with van der Waals surface area (Å²) < 4.78 is 31.9. The van der Waals surface area contributed by atoms with Gasteiger partial charge in [-0.1, -0.05) is 36.1 Å². The molecule has 4 heterocycles. The maximum absolute atomic E-state index is 13.1. The van der Waals surface area contributed by atoms with Gasteiger partial charge in [0.15, 0.2) is 9.84 Å². The average molecular weight is 544 g/mol. The topological polar surface area (TPSA) is 81.8 Å². The summed E-state index contributed by atoms with van der Waals surface area (Å²) in [6.07, 6.45) is 1.86. The van der Waals surface area contributed by atoms with Gasteiger partial charge in [0.25, 0.3) is 0 Å². The molecule has 8 nitrogen and oxygen atoms in total. The van der Waals surface area contributed by atoms with E-state index in [-0.39, 0.29) is 5.75 Å². The molecule has 202 valence electrons. The number of fused-ring (bicyclic) bond motifs is 3. The number of nitrogens with one attached hydrogen (secondary N) is 1. The van der Waals surface area contributed by atoms with Crippen molar-refractivity contribution < 1.29 is 13.2 Å². The number of anilines is 1. The standard InChI is InChI=1S/C30H33N5O3S/c1-33-12-14-34(15-13-33)11-5-6-24-21-31-30-28(29(24)35-16-18-38-19-17-35)26-20-23(9-10-27(26)32-30)22-39(36,37)25-7-3-2-4-8-25/h2-4,7-10,20-21H,11-19,22H2,1H3,(H,31,32). The van der Waals surface area contributed by atoms with Crippen LogP contribution in [0, 0.1) is 11.8 Å². The maximum Gasteiger partial charge on any atom is 0.182 e. The normalized spacial score (nSPS) is 17.4. The summed E-state index contributed by atoms with van der Waals surface area (Å²) in [4.78, 5) is 15.6. The Balaban J connectivity index is 1.40. The van der Waals surface area contributed by atoms with Gasteiger partial charge in [-0.2, -0.15) is 0 Å². The van der Waals surface area contributed by atoms with Crippen molar-refractivity contribution in [3.05, 3.63) is 65.9 Å². The number of H-pyrrole nitrogens is 1. The molecule has 0 saturated carbocycles. The molecule has 2 aliphatic heterocycles. The monoisotopic (exact) mass is 543 g/mol. The van der Waals surface area contributed by atoms with Gasteiger partial charge in [0.05, 0.1) is 47.0 Å². The molecule has 2 saturated heterocycles. The van der Waals surface area contributed by atoms with E-state index in [1.54, 1.807) is 24.3 Å². The molecule has 2 fully saturated rings. The summed E-state index contributed by atoms with van der Waals surface area (Å²) in [7, 11) is -1.31. The summed E-state index contributed by atoms with van der Waals surface area (Å²) in [6, 6.07) is 14.4. The lowest BCUT2D eigenvalue weighted by atomic mass is 10.1. The molecule has 2 aliphatic rings. The van der Waals surface area contributed by atoms with E-state index in [0.717, 1.165) is 84.6 Å². The van der Waals surface area contributed by atoms with Crippen LogP contribution in [0.5, 0.6) is 0 Å². The summed E-state index contributed by atoms with van der Waals surface area (Å²) >= 11 is 0. The highest BCUT2D eigenvalue weighted by Crippen LogP contribution is 2.36. The SMILES string of the molecule is CN1CCN(CC#Cc2cnc3[nH]c4ccc(CS(=O)(=O)c5ccccc5)cc4c3c2N2CCOCC2)CC1. The highest BCUT2D eigenvalue weighted by atomic mass is 32.2. The molecule has 0 amide bonds. The van der Waals surface area contributed by atoms with Gasteiger partial charge in [0.2, 0.25) is 0 Å². The van der Waals surface area contributed by atoms with Crippen molar-refractivity contribution in [3.8, 4) is 11.8 Å². The molecule has 0 spiro atoms. The van der Waals surface area contributed by atoms with Crippen LogP contribution in [0.2, 0.25) is 0 Å². The largest absolute Gasteiger partial charge is 0.378 e. The molecule has 2 aromatic heterocycles. The first-order chi connectivity index (χ1) is 19.0. The molecule has 0 atom stereocenters. The molecular formula is C30H33N5O3S. The Bertz CT molecular complexity index is 1640. The van der Waals surface area contributed by atoms with E-state index in [1.807, 2.05) is 30.5 Å². The van der Waals surface area contributed by atoms with Crippen LogP contribution < -0.4 is 4.90 Å². The molecule has 2 aromatic carbocycles. The molecule has 9 heteroatoms. The van der Waals surface area contributed by atoms with Crippen molar-refractivity contribution in [2.45, 2.75) is 10.6 Å². The Morgan fingerprint density at radius 2 is 1.77 bits per heavy atom. The first-order valence-electron chi connectivity index (χ1n) is 13.4. The van der Waals surface area contributed by atoms with Crippen molar-refractivity contribution in [2.24, 2.45) is 0 Å². The van der Waals surface area contributed by atoms with Crippen LogP contribution in [0.4, 0.5) is 5.69 Å². The smallest absolute Gasteiger partial charge is 0.182 e. The number of pyridine rings is 1. The molecule has 0 bridgehead atoms. The van der Waals surface area contributed by atoms with Crippen LogP contribution in [0.25, 0.3) is 21.9 Å². The molecule has 0 aliphatic carbocycles. The molecule has 0 radical (unpaired) electrons. The van der Waals surface area contributed by atoms with Gasteiger partial charge in [-0.3, -0.25) is 4.90 Å². The first-order valence-corrected chi connectivity index (χ1v) is 15.1. The lowest BCUT2D eigenvalue weighted by molar-refractivity contribution is 0.123. The Morgan fingerprint density at radius 1 is 1.00 bits per heavy atom. The molecule has 0 unspecified atom stereocenters. The van der Waals surface area contributed by atoms with Gasteiger partial charge in [-0.25, -0.2) is 13.4 Å². The predicted molar refractivity (Wildman–Crippen MR) is 155 cm³/mol. The van der Waals surface area contributed by atoms with Gasteiger partial charge in [-0.05, 0) is 36.9 Å². The van der Waals surface area contributed by atoms with Crippen molar-refractivity contribution in [1.29, 1.82) is 0 Å². The van der Waals surface area contributed by atoms with Crippen LogP contribution in [-0.4, -0.2) is 94.3 Å². The van der Waals surface area contributed by atoms with Gasteiger partial charge in [-0.15, -0.1) is 0 Å². The Morgan fingerprint density at radius 3 is 2.54 bits per heavy atom. The Hall–Kier alpha value is -3.42. The number of piperazine rings is 1. The number of likely N-dealkylation sites (N-methyl/N-ethyl adjacent to an activating group) is 1. The fourth-order valence-electron chi connectivity index (χ4n) is 5.37. The van der Waals surface area contributed by atoms with Crippen LogP contribution in [0.3, 0.4) is 0 Å². The molecule has 1 N–H and O–H groups in total. The van der Waals surface area contributed by atoms with E-state index in [0.29, 0.717) is 18.1 Å². The van der Waals surface area contributed by atoms with E-state index in [2.05, 4.69) is 38.6 Å². The summed E-state index contributed by atoms with van der Waals surface area (Å²) in [5, 5.41) is 1.94. The molecule has 39 heavy (non-hydrogen) atoms. The third kappa shape index (κ3) is 5.52. The summed E-state index contributed by atoms with van der Waals surface area (Å²) in [5.74, 6) is 6.77. The highest BCUT2D eigenvalue weighted by molar-refractivity contribution is 7.90. The zero-order valence-electron chi connectivity index (χ0n) is 22.2. The number of aromatic nitrogens is 2. The van der Waals surface area contributed by atoms with Crippen LogP contribution >= 0.6 is 0 Å². The van der Waals surface area contributed by atoms with Gasteiger partial charge in [0, 0.05) is 56.4 Å². The number of hydrogen-bond donors (Lipinski definition) is 1. The minimum Gasteiger partial charge on any atom is -0.378 e. The fourth-order valence-corrected chi connectivity index (χ4v) is 6.72. The van der Waals surface area contributed by atoms with Gasteiger partial charge in [0.1, 0.15) is 5.65 Å². The van der Waals surface area contributed by atoms with E-state index in [4.69, 9.17) is 9.72 Å². The number of morpholine rings is 1. The van der Waals surface area contributed by atoms with Crippen LogP contribution in [0.1, 0.15) is 11.1 Å². The second kappa shape index (κ2) is 11.0. The van der Waals surface area contributed by atoms with Gasteiger partial charge < -0.3 is 19.5 Å². The highest BCUT2D eigenvalue weighted by Gasteiger charge is 2.22. The molecular weight excluding hydrogens is 510 g/mol. The van der Waals surface area contributed by atoms with E-state index < -0.39 is 9.84 Å². The maximum atomic E-state index is 13.1. The Kier molecular flexibility index (Phi) is 7.28. The zero-order chi connectivity index (χ0) is 26.8. The first kappa shape index (κ1) is 25.8. The lowest BCUT2D eigenvalue weighted by Gasteiger charge is -2.31. The number of ether oxygens (including phenoxy) is 1. The van der Waals surface area contributed by atoms with E-state index in [9.17, 15) is 8.42 Å². The van der Waals surface area contributed by atoms with Crippen molar-refractivity contribution >= 4 is 37.5 Å². The number of benzene rings is 2. The quantitative estimate of drug-likeness (QED) is 0.388. The minimum absolute atomic E-state index is 0.0650. The third-order valence-corrected chi connectivity index (χ3v) is 9.27. The number of aromatic amines is 1. The number of hydrogen-bond acceptors (Lipinski definition) is 7. The minimum atomic E-state index is -3.47. The number of sulfone groups is 1. The average Bonchev–Trinajstić information content (AvgIpc) is 3.33. The van der Waals surface area contributed by atoms with Crippen LogP contribution in [0.15, 0.2) is 59.6 Å². The van der Waals surface area contributed by atoms with Crippen molar-refractivity contribution in [2.75, 3.05) is 71.0 Å². The Labute approximate surface area is 229 Å². The number of nitrogens with zero attached hydrogens (tertiary/aromatic N) is 4. The van der Waals surface area contributed by atoms with Crippen LogP contribution in [-0.2, 0) is 20.3 Å². The summed E-state index contributed by atoms with van der Waals surface area (Å²) in [5.41, 5.74) is 4.38. The molecule has 4 aromatic rings. The van der Waals surface area contributed by atoms with E-state index in [1.165, 1.54) is 0 Å². The second-order valence-electron chi connectivity index (χ2n) is 10.3.